The van der Waals surface area contributed by atoms with Gasteiger partial charge in [-0.3, -0.25) is 18.5 Å². The molecule has 0 bridgehead atoms. The number of nitrogens with zero attached hydrogens (tertiary/aromatic N) is 5. The zero-order chi connectivity index (χ0) is 27.3. The van der Waals surface area contributed by atoms with Crippen molar-refractivity contribution in [2.75, 3.05) is 0 Å². The minimum atomic E-state index is -4.96. The molecule has 2 heterocycles. The Kier molecular flexibility index (Phi) is 7.42. The van der Waals surface area contributed by atoms with Gasteiger partial charge < -0.3 is 12.4 Å². The third kappa shape index (κ3) is 4.86. The normalized spacial score (nSPS) is 11.6. The summed E-state index contributed by atoms with van der Waals surface area (Å²) in [7, 11) is -3.88. The molecule has 4 aromatic rings. The van der Waals surface area contributed by atoms with Crippen molar-refractivity contribution in [2.24, 2.45) is 7.05 Å². The van der Waals surface area contributed by atoms with Crippen LogP contribution in [0.4, 0.5) is 13.2 Å². The van der Waals surface area contributed by atoms with Gasteiger partial charge in [-0.2, -0.15) is 31.9 Å². The first-order valence-electron chi connectivity index (χ1n) is 10.3. The highest BCUT2D eigenvalue weighted by Gasteiger charge is 2.32. The molecule has 4 rings (SSSR count). The molecule has 2 aromatic heterocycles. The lowest BCUT2D eigenvalue weighted by atomic mass is 10.1. The third-order valence-corrected chi connectivity index (χ3v) is 6.47. The number of hydrogen-bond donors (Lipinski definition) is 1. The lowest BCUT2D eigenvalue weighted by Gasteiger charge is -2.18. The molecular formula is C23H16ClF3N5O5S-. The van der Waals surface area contributed by atoms with Gasteiger partial charge in [-0.1, -0.05) is 6.07 Å². The van der Waals surface area contributed by atoms with E-state index < -0.39 is 49.3 Å². The fourth-order valence-electron chi connectivity index (χ4n) is 3.84. The molecule has 10 nitrogen and oxygen atoms in total. The van der Waals surface area contributed by atoms with E-state index in [4.69, 9.17) is 5.26 Å². The average Bonchev–Trinajstić information content (AvgIpc) is 3.28. The van der Waals surface area contributed by atoms with Gasteiger partial charge in [-0.05, 0) is 49.4 Å². The molecule has 0 fully saturated rings. The maximum absolute atomic E-state index is 13.3. The van der Waals surface area contributed by atoms with Gasteiger partial charge in [-0.15, -0.1) is 0 Å². The van der Waals surface area contributed by atoms with Crippen LogP contribution in [0, 0.1) is 18.3 Å². The summed E-state index contributed by atoms with van der Waals surface area (Å²) < 4.78 is 76.8. The van der Waals surface area contributed by atoms with Gasteiger partial charge in [0.1, 0.15) is 10.6 Å². The number of alkyl halides is 3. The van der Waals surface area contributed by atoms with Crippen LogP contribution in [0.25, 0.3) is 22.6 Å². The van der Waals surface area contributed by atoms with Gasteiger partial charge in [0.25, 0.3) is 15.7 Å². The molecule has 38 heavy (non-hydrogen) atoms. The van der Waals surface area contributed by atoms with Gasteiger partial charge >= 0.3 is 11.9 Å². The van der Waals surface area contributed by atoms with Gasteiger partial charge in [-0.25, -0.2) is 9.48 Å². The van der Waals surface area contributed by atoms with Crippen molar-refractivity contribution in [1.29, 1.82) is 5.26 Å². The summed E-state index contributed by atoms with van der Waals surface area (Å²) in [5.41, 5.74) is -3.80. The Bertz CT molecular complexity index is 1820. The summed E-state index contributed by atoms with van der Waals surface area (Å²) in [6.45, 7) is 1.25. The van der Waals surface area contributed by atoms with E-state index in [2.05, 4.69) is 5.10 Å². The highest BCUT2D eigenvalue weighted by molar-refractivity contribution is 7.86. The van der Waals surface area contributed by atoms with Crippen LogP contribution in [0.2, 0.25) is 0 Å². The van der Waals surface area contributed by atoms with Crippen molar-refractivity contribution < 1.29 is 38.5 Å². The minimum absolute atomic E-state index is 0. The Morgan fingerprint density at radius 2 is 1.68 bits per heavy atom. The monoisotopic (exact) mass is 566 g/mol. The zero-order valence-corrected chi connectivity index (χ0v) is 21.0. The van der Waals surface area contributed by atoms with Crippen LogP contribution in [0.3, 0.4) is 0 Å². The summed E-state index contributed by atoms with van der Waals surface area (Å²) in [5, 5.41) is 13.0. The molecule has 0 spiro atoms. The topological polar surface area (TPSA) is 140 Å². The smallest absolute Gasteiger partial charge is 0.416 e. The highest BCUT2D eigenvalue weighted by Crippen LogP contribution is 2.32. The Balaban J connectivity index is 0.00000400. The maximum Gasteiger partial charge on any atom is 0.416 e. The maximum atomic E-state index is 13.3. The average molecular weight is 567 g/mol. The fraction of sp³-hybridized carbons (Fsp3) is 0.130. The number of nitriles is 1. The lowest BCUT2D eigenvalue weighted by Crippen LogP contribution is -3.00. The summed E-state index contributed by atoms with van der Waals surface area (Å²) in [6.07, 6.45) is -3.93. The fourth-order valence-corrected chi connectivity index (χ4v) is 4.45. The molecule has 0 aliphatic heterocycles. The minimum Gasteiger partial charge on any atom is -1.00 e. The van der Waals surface area contributed by atoms with Crippen LogP contribution >= 0.6 is 0 Å². The van der Waals surface area contributed by atoms with E-state index in [9.17, 15) is 35.7 Å². The standard InChI is InChI=1S/C23H16F3N5O5S.ClH/c1-13-19(20-18(37(34,35)36)12-28-31(20)16-8-6-14(11-27)7-9-16)21(32)29(2)22(33)30(13)17-5-3-4-15(10-17)23(24,25)26;/h3-10,12H,1-2H3,(H,34,35,36);1H/p-1. The van der Waals surface area contributed by atoms with E-state index in [0.29, 0.717) is 10.6 Å². The molecule has 0 amide bonds. The van der Waals surface area contributed by atoms with Crippen molar-refractivity contribution in [3.05, 3.63) is 92.4 Å². The second-order valence-corrected chi connectivity index (χ2v) is 9.28. The molecule has 198 valence electrons. The first kappa shape index (κ1) is 28.4. The Hall–Kier alpha value is -4.19. The second kappa shape index (κ2) is 9.93. The molecule has 2 aromatic carbocycles. The molecule has 15 heteroatoms. The molecule has 1 N–H and O–H groups in total. The predicted molar refractivity (Wildman–Crippen MR) is 124 cm³/mol. The summed E-state index contributed by atoms with van der Waals surface area (Å²) in [5.74, 6) is 0. The first-order chi connectivity index (χ1) is 17.3. The van der Waals surface area contributed by atoms with Crippen LogP contribution in [0.1, 0.15) is 16.8 Å². The molecule has 0 radical (unpaired) electrons. The highest BCUT2D eigenvalue weighted by atomic mass is 35.5. The largest absolute Gasteiger partial charge is 1.00 e. The van der Waals surface area contributed by atoms with E-state index in [1.165, 1.54) is 37.3 Å². The van der Waals surface area contributed by atoms with Gasteiger partial charge in [0.15, 0.2) is 0 Å². The summed E-state index contributed by atoms with van der Waals surface area (Å²) >= 11 is 0. The van der Waals surface area contributed by atoms with Crippen molar-refractivity contribution >= 4 is 10.1 Å². The number of aromatic nitrogens is 4. The van der Waals surface area contributed by atoms with Gasteiger partial charge in [0.05, 0.1) is 40.3 Å². The lowest BCUT2D eigenvalue weighted by molar-refractivity contribution is -0.137. The van der Waals surface area contributed by atoms with E-state index in [0.717, 1.165) is 34.6 Å². The molecule has 0 aliphatic rings. The molecule has 0 saturated heterocycles. The van der Waals surface area contributed by atoms with E-state index in [1.54, 1.807) is 0 Å². The van der Waals surface area contributed by atoms with Crippen molar-refractivity contribution in [3.8, 4) is 28.7 Å². The van der Waals surface area contributed by atoms with Crippen molar-refractivity contribution in [3.63, 3.8) is 0 Å². The van der Waals surface area contributed by atoms with Crippen LogP contribution < -0.4 is 23.7 Å². The number of hydrogen-bond acceptors (Lipinski definition) is 6. The SMILES string of the molecule is Cc1c(-c2c(S(=O)(=O)O)cnn2-c2ccc(C#N)cc2)c(=O)n(C)c(=O)n1-c1cccc(C(F)(F)F)c1.[Cl-]. The Morgan fingerprint density at radius 3 is 2.24 bits per heavy atom. The van der Waals surface area contributed by atoms with Crippen molar-refractivity contribution in [1.82, 2.24) is 18.9 Å². The Morgan fingerprint density at radius 1 is 1.05 bits per heavy atom. The molecule has 0 saturated carbocycles. The quantitative estimate of drug-likeness (QED) is 0.339. The molecule has 0 aliphatic carbocycles. The zero-order valence-electron chi connectivity index (χ0n) is 19.4. The van der Waals surface area contributed by atoms with Crippen molar-refractivity contribution in [2.45, 2.75) is 18.0 Å². The predicted octanol–water partition coefficient (Wildman–Crippen LogP) is -0.161. The van der Waals surface area contributed by atoms with E-state index in [-0.39, 0.29) is 35.0 Å². The van der Waals surface area contributed by atoms with Crippen LogP contribution in [0.15, 0.2) is 69.2 Å². The van der Waals surface area contributed by atoms with E-state index >= 15 is 0 Å². The summed E-state index contributed by atoms with van der Waals surface area (Å²) in [6, 6.07) is 11.4. The van der Waals surface area contributed by atoms with Gasteiger partial charge in [0.2, 0.25) is 0 Å². The van der Waals surface area contributed by atoms with Gasteiger partial charge in [0, 0.05) is 12.7 Å². The number of benzene rings is 2. The second-order valence-electron chi connectivity index (χ2n) is 7.89. The van der Waals surface area contributed by atoms with Crippen LogP contribution in [-0.2, 0) is 23.3 Å². The Labute approximate surface area is 219 Å². The first-order valence-corrected chi connectivity index (χ1v) is 11.8. The number of halogens is 4. The number of rotatable bonds is 4. The third-order valence-electron chi connectivity index (χ3n) is 5.62. The molecular weight excluding hydrogens is 551 g/mol. The molecule has 0 atom stereocenters. The summed E-state index contributed by atoms with van der Waals surface area (Å²) in [4.78, 5) is 25.5. The van der Waals surface area contributed by atoms with E-state index in [1.807, 2.05) is 6.07 Å². The molecule has 0 unspecified atom stereocenters. The van der Waals surface area contributed by atoms with Crippen LogP contribution in [-0.4, -0.2) is 31.9 Å². The van der Waals surface area contributed by atoms with Crippen LogP contribution in [0.5, 0.6) is 0 Å².